The first-order chi connectivity index (χ1) is 5.00. The minimum absolute atomic E-state index is 0.0880. The Bertz CT molecular complexity index is 126. The first kappa shape index (κ1) is 7.58. The van der Waals surface area contributed by atoms with Gasteiger partial charge in [0.25, 0.3) is 0 Å². The fourth-order valence-electron chi connectivity index (χ4n) is 1.17. The van der Waals surface area contributed by atoms with Crippen molar-refractivity contribution in [2.45, 2.75) is 46.7 Å². The normalized spacial score (nSPS) is 12.0. The molecule has 0 aliphatic rings. The SMILES string of the molecule is [2H]CC(=O)N(C(C)C)C(C)C. The zero-order valence-corrected chi connectivity index (χ0v) is 7.22. The summed E-state index contributed by atoms with van der Waals surface area (Å²) in [5, 5.41) is 0. The lowest BCUT2D eigenvalue weighted by Gasteiger charge is -2.29. The highest BCUT2D eigenvalue weighted by atomic mass is 16.2. The van der Waals surface area contributed by atoms with Crippen molar-refractivity contribution in [1.29, 1.82) is 0 Å². The standard InChI is InChI=1S/C8H17NO/c1-6(2)9(7(3)4)8(5)10/h6-7H,1-5H3/i5D. The Morgan fingerprint density at radius 3 is 1.80 bits per heavy atom. The highest BCUT2D eigenvalue weighted by molar-refractivity contribution is 5.73. The smallest absolute Gasteiger partial charge is 0.219 e. The lowest BCUT2D eigenvalue weighted by atomic mass is 10.2. The van der Waals surface area contributed by atoms with Gasteiger partial charge in [-0.3, -0.25) is 4.79 Å². The van der Waals surface area contributed by atoms with Gasteiger partial charge in [0.15, 0.2) is 0 Å². The summed E-state index contributed by atoms with van der Waals surface area (Å²) in [5.74, 6) is -0.0880. The maximum Gasteiger partial charge on any atom is 0.219 e. The Balaban J connectivity index is 4.22. The summed E-state index contributed by atoms with van der Waals surface area (Å²) in [7, 11) is 0. The third-order valence-corrected chi connectivity index (χ3v) is 1.40. The predicted molar refractivity (Wildman–Crippen MR) is 42.8 cm³/mol. The largest absolute Gasteiger partial charge is 0.338 e. The molecule has 0 bridgehead atoms. The van der Waals surface area contributed by atoms with Crippen LogP contribution in [-0.4, -0.2) is 22.9 Å². The molecule has 2 heteroatoms. The van der Waals surface area contributed by atoms with Gasteiger partial charge in [-0.15, -0.1) is 0 Å². The van der Waals surface area contributed by atoms with Crippen LogP contribution in [0, 0.1) is 0 Å². The summed E-state index contributed by atoms with van der Waals surface area (Å²) < 4.78 is 6.93. The van der Waals surface area contributed by atoms with E-state index in [2.05, 4.69) is 0 Å². The van der Waals surface area contributed by atoms with Crippen molar-refractivity contribution < 1.29 is 6.17 Å². The van der Waals surface area contributed by atoms with E-state index in [1.165, 1.54) is 0 Å². The zero-order chi connectivity index (χ0) is 9.02. The maximum absolute atomic E-state index is 11.1. The number of carbonyl (C=O) groups excluding carboxylic acids is 1. The number of hydrogen-bond donors (Lipinski definition) is 0. The van der Waals surface area contributed by atoms with Gasteiger partial charge in [-0.05, 0) is 27.7 Å². The first-order valence-corrected chi connectivity index (χ1v) is 3.61. The van der Waals surface area contributed by atoms with E-state index in [9.17, 15) is 4.79 Å². The summed E-state index contributed by atoms with van der Waals surface area (Å²) in [4.78, 5) is 12.9. The van der Waals surface area contributed by atoms with Gasteiger partial charge < -0.3 is 4.90 Å². The molecule has 0 heterocycles. The van der Waals surface area contributed by atoms with Crippen LogP contribution < -0.4 is 0 Å². The van der Waals surface area contributed by atoms with Crippen molar-refractivity contribution in [1.82, 2.24) is 4.90 Å². The van der Waals surface area contributed by atoms with Gasteiger partial charge in [0.1, 0.15) is 0 Å². The van der Waals surface area contributed by atoms with E-state index in [4.69, 9.17) is 1.37 Å². The molecular weight excluding hydrogens is 126 g/mol. The molecule has 10 heavy (non-hydrogen) atoms. The molecule has 1 amide bonds. The molecule has 0 unspecified atom stereocenters. The van der Waals surface area contributed by atoms with Gasteiger partial charge in [0.05, 0.1) is 0 Å². The van der Waals surface area contributed by atoms with E-state index < -0.39 is 0 Å². The minimum Gasteiger partial charge on any atom is -0.338 e. The Kier molecular flexibility index (Phi) is 2.72. The van der Waals surface area contributed by atoms with E-state index in [-0.39, 0.29) is 24.9 Å². The summed E-state index contributed by atoms with van der Waals surface area (Å²) in [5.41, 5.74) is 0. The van der Waals surface area contributed by atoms with Gasteiger partial charge in [-0.2, -0.15) is 0 Å². The molecule has 0 aromatic carbocycles. The molecule has 0 N–H and O–H groups in total. The quantitative estimate of drug-likeness (QED) is 0.577. The number of hydrogen-bond acceptors (Lipinski definition) is 1. The lowest BCUT2D eigenvalue weighted by Crippen LogP contribution is -2.40. The van der Waals surface area contributed by atoms with Gasteiger partial charge in [0.2, 0.25) is 5.91 Å². The van der Waals surface area contributed by atoms with E-state index >= 15 is 0 Å². The van der Waals surface area contributed by atoms with Gasteiger partial charge in [-0.25, -0.2) is 0 Å². The molecule has 0 rings (SSSR count). The number of amides is 1. The fourth-order valence-corrected chi connectivity index (χ4v) is 1.17. The lowest BCUT2D eigenvalue weighted by molar-refractivity contribution is -0.132. The predicted octanol–water partition coefficient (Wildman–Crippen LogP) is 1.65. The van der Waals surface area contributed by atoms with E-state index in [1.54, 1.807) is 4.90 Å². The summed E-state index contributed by atoms with van der Waals surface area (Å²) in [6, 6.07) is 0.403. The molecule has 0 radical (unpaired) electrons. The van der Waals surface area contributed by atoms with Gasteiger partial charge in [-0.1, -0.05) is 0 Å². The van der Waals surface area contributed by atoms with Crippen molar-refractivity contribution >= 4 is 5.91 Å². The maximum atomic E-state index is 11.1. The summed E-state index contributed by atoms with van der Waals surface area (Å²) in [6.45, 7) is 7.72. The van der Waals surface area contributed by atoms with E-state index in [0.29, 0.717) is 0 Å². The second-order valence-electron chi connectivity index (χ2n) is 2.99. The molecule has 0 atom stereocenters. The molecule has 0 spiro atoms. The number of carbonyl (C=O) groups is 1. The Morgan fingerprint density at radius 2 is 1.70 bits per heavy atom. The molecule has 60 valence electrons. The summed E-state index contributed by atoms with van der Waals surface area (Å²) in [6.07, 6.45) is 0. The highest BCUT2D eigenvalue weighted by Gasteiger charge is 2.14. The third kappa shape index (κ3) is 2.38. The van der Waals surface area contributed by atoms with Crippen LogP contribution >= 0.6 is 0 Å². The monoisotopic (exact) mass is 144 g/mol. The van der Waals surface area contributed by atoms with Crippen LogP contribution in [0.1, 0.15) is 36.0 Å². The first-order valence-electron chi connectivity index (χ1n) is 4.31. The highest BCUT2D eigenvalue weighted by Crippen LogP contribution is 2.04. The number of rotatable bonds is 2. The van der Waals surface area contributed by atoms with Crippen LogP contribution in [0.2, 0.25) is 0 Å². The average Bonchev–Trinajstić information content (AvgIpc) is 1.85. The molecule has 0 saturated carbocycles. The second-order valence-corrected chi connectivity index (χ2v) is 2.99. The second kappa shape index (κ2) is 3.59. The molecule has 0 fully saturated rings. The Hall–Kier alpha value is -0.530. The topological polar surface area (TPSA) is 20.3 Å². The molecular formula is C8H17NO. The molecule has 0 aliphatic heterocycles. The van der Waals surface area contributed by atoms with E-state index in [1.807, 2.05) is 27.7 Å². The average molecular weight is 144 g/mol. The van der Waals surface area contributed by atoms with Crippen LogP contribution in [0.25, 0.3) is 0 Å². The van der Waals surface area contributed by atoms with Crippen molar-refractivity contribution in [2.75, 3.05) is 0 Å². The third-order valence-electron chi connectivity index (χ3n) is 1.40. The Morgan fingerprint density at radius 1 is 1.30 bits per heavy atom. The molecule has 0 aromatic heterocycles. The van der Waals surface area contributed by atoms with Crippen LogP contribution in [0.5, 0.6) is 0 Å². The number of nitrogens with zero attached hydrogens (tertiary/aromatic N) is 1. The van der Waals surface area contributed by atoms with Crippen LogP contribution in [0.15, 0.2) is 0 Å². The van der Waals surface area contributed by atoms with Crippen LogP contribution in [0.3, 0.4) is 0 Å². The minimum atomic E-state index is -0.143. The van der Waals surface area contributed by atoms with Crippen molar-refractivity contribution in [3.63, 3.8) is 0 Å². The van der Waals surface area contributed by atoms with Crippen molar-refractivity contribution in [3.05, 3.63) is 0 Å². The van der Waals surface area contributed by atoms with Crippen LogP contribution in [-0.2, 0) is 4.79 Å². The Labute approximate surface area is 64.6 Å². The zero-order valence-electron chi connectivity index (χ0n) is 8.22. The van der Waals surface area contributed by atoms with Gasteiger partial charge in [0, 0.05) is 20.4 Å². The molecule has 0 aliphatic carbocycles. The fraction of sp³-hybridized carbons (Fsp3) is 0.875. The van der Waals surface area contributed by atoms with Crippen LogP contribution in [0.4, 0.5) is 0 Å². The molecule has 2 nitrogen and oxygen atoms in total. The van der Waals surface area contributed by atoms with Crippen molar-refractivity contribution in [2.24, 2.45) is 0 Å². The van der Waals surface area contributed by atoms with Crippen molar-refractivity contribution in [3.8, 4) is 0 Å². The van der Waals surface area contributed by atoms with Gasteiger partial charge >= 0.3 is 0 Å². The molecule has 0 saturated heterocycles. The van der Waals surface area contributed by atoms with E-state index in [0.717, 1.165) is 0 Å². The molecule has 0 aromatic rings. The summed E-state index contributed by atoms with van der Waals surface area (Å²) >= 11 is 0.